The Labute approximate surface area is 191 Å². The first-order chi connectivity index (χ1) is 15.8. The van der Waals surface area contributed by atoms with Crippen LogP contribution in [0.4, 0.5) is 11.4 Å². The number of carbonyl (C=O) groups is 1. The molecule has 0 heterocycles. The number of amides is 1. The molecule has 1 N–H and O–H groups in total. The summed E-state index contributed by atoms with van der Waals surface area (Å²) in [6, 6.07) is 20.1. The number of rotatable bonds is 10. The maximum Gasteiger partial charge on any atom is 0.269 e. The van der Waals surface area contributed by atoms with Gasteiger partial charge in [0, 0.05) is 18.7 Å². The monoisotopic (exact) mass is 469 g/mol. The number of hydrogen-bond acceptors (Lipinski definition) is 6. The summed E-state index contributed by atoms with van der Waals surface area (Å²) >= 11 is 0. The minimum absolute atomic E-state index is 0.00869. The van der Waals surface area contributed by atoms with E-state index in [9.17, 15) is 23.3 Å². The van der Waals surface area contributed by atoms with E-state index in [4.69, 9.17) is 4.74 Å². The van der Waals surface area contributed by atoms with Crippen molar-refractivity contribution < 1.29 is 22.9 Å². The van der Waals surface area contributed by atoms with Crippen LogP contribution in [0.15, 0.2) is 83.8 Å². The van der Waals surface area contributed by atoms with Crippen molar-refractivity contribution in [2.75, 3.05) is 24.5 Å². The highest BCUT2D eigenvalue weighted by atomic mass is 32.2. The van der Waals surface area contributed by atoms with Crippen molar-refractivity contribution >= 4 is 27.3 Å². The fourth-order valence-corrected chi connectivity index (χ4v) is 4.54. The molecule has 0 aliphatic carbocycles. The van der Waals surface area contributed by atoms with Crippen LogP contribution in [0.2, 0.25) is 0 Å². The Hall–Kier alpha value is -3.92. The average Bonchev–Trinajstić information content (AvgIpc) is 2.83. The number of methoxy groups -OCH3 is 1. The molecule has 0 aliphatic heterocycles. The first-order valence-electron chi connectivity index (χ1n) is 10.0. The van der Waals surface area contributed by atoms with Crippen LogP contribution < -0.4 is 14.4 Å². The van der Waals surface area contributed by atoms with Crippen molar-refractivity contribution in [2.45, 2.75) is 11.3 Å². The van der Waals surface area contributed by atoms with Crippen LogP contribution in [-0.2, 0) is 21.2 Å². The molecule has 0 bridgehead atoms. The van der Waals surface area contributed by atoms with Crippen LogP contribution in [0.25, 0.3) is 0 Å². The predicted molar refractivity (Wildman–Crippen MR) is 124 cm³/mol. The van der Waals surface area contributed by atoms with Gasteiger partial charge >= 0.3 is 0 Å². The van der Waals surface area contributed by atoms with E-state index in [-0.39, 0.29) is 16.3 Å². The molecular weight excluding hydrogens is 446 g/mol. The molecule has 33 heavy (non-hydrogen) atoms. The molecular formula is C23H23N3O6S. The van der Waals surface area contributed by atoms with Gasteiger partial charge in [-0.25, -0.2) is 8.42 Å². The maximum absolute atomic E-state index is 13.2. The third kappa shape index (κ3) is 6.07. The number of nitrogens with zero attached hydrogens (tertiary/aromatic N) is 2. The van der Waals surface area contributed by atoms with E-state index in [1.807, 2.05) is 24.3 Å². The quantitative estimate of drug-likeness (QED) is 0.360. The summed E-state index contributed by atoms with van der Waals surface area (Å²) in [5, 5.41) is 13.7. The largest absolute Gasteiger partial charge is 0.497 e. The zero-order valence-corrected chi connectivity index (χ0v) is 18.7. The van der Waals surface area contributed by atoms with Crippen LogP contribution >= 0.6 is 0 Å². The van der Waals surface area contributed by atoms with Crippen LogP contribution in [-0.4, -0.2) is 39.4 Å². The van der Waals surface area contributed by atoms with E-state index in [0.717, 1.165) is 15.6 Å². The van der Waals surface area contributed by atoms with Gasteiger partial charge in [0.1, 0.15) is 12.3 Å². The Morgan fingerprint density at radius 2 is 1.64 bits per heavy atom. The summed E-state index contributed by atoms with van der Waals surface area (Å²) in [5.74, 6) is 0.231. The molecule has 1 amide bonds. The summed E-state index contributed by atoms with van der Waals surface area (Å²) in [6.45, 7) is -0.164. The number of sulfonamides is 1. The lowest BCUT2D eigenvalue weighted by Crippen LogP contribution is -2.41. The fourth-order valence-electron chi connectivity index (χ4n) is 3.10. The predicted octanol–water partition coefficient (Wildman–Crippen LogP) is 3.16. The van der Waals surface area contributed by atoms with E-state index in [2.05, 4.69) is 5.32 Å². The normalized spacial score (nSPS) is 10.9. The van der Waals surface area contributed by atoms with Gasteiger partial charge in [-0.2, -0.15) is 0 Å². The van der Waals surface area contributed by atoms with Gasteiger partial charge in [-0.1, -0.05) is 30.3 Å². The number of carbonyl (C=O) groups excluding carboxylic acids is 1. The molecule has 9 nitrogen and oxygen atoms in total. The lowest BCUT2D eigenvalue weighted by atomic mass is 10.1. The molecule has 3 rings (SSSR count). The summed E-state index contributed by atoms with van der Waals surface area (Å²) in [7, 11) is -2.50. The van der Waals surface area contributed by atoms with Gasteiger partial charge < -0.3 is 10.1 Å². The van der Waals surface area contributed by atoms with Crippen molar-refractivity contribution in [1.82, 2.24) is 5.32 Å². The van der Waals surface area contributed by atoms with Gasteiger partial charge in [0.15, 0.2) is 0 Å². The molecule has 0 saturated carbocycles. The lowest BCUT2D eigenvalue weighted by Gasteiger charge is -2.24. The minimum atomic E-state index is -4.08. The second kappa shape index (κ2) is 10.6. The zero-order chi connectivity index (χ0) is 23.8. The summed E-state index contributed by atoms with van der Waals surface area (Å²) in [4.78, 5) is 23.0. The fraction of sp³-hybridized carbons (Fsp3) is 0.174. The number of hydrogen-bond donors (Lipinski definition) is 1. The second-order valence-electron chi connectivity index (χ2n) is 7.05. The average molecular weight is 470 g/mol. The molecule has 0 aromatic heterocycles. The molecule has 172 valence electrons. The van der Waals surface area contributed by atoms with Crippen molar-refractivity contribution in [1.29, 1.82) is 0 Å². The summed E-state index contributed by atoms with van der Waals surface area (Å²) < 4.78 is 32.5. The number of anilines is 1. The highest BCUT2D eigenvalue weighted by Gasteiger charge is 2.27. The highest BCUT2D eigenvalue weighted by molar-refractivity contribution is 7.92. The van der Waals surface area contributed by atoms with Crippen molar-refractivity contribution in [3.63, 3.8) is 0 Å². The SMILES string of the molecule is COc1ccc(CCNC(=O)CN(c2ccc([N+](=O)[O-])cc2)S(=O)(=O)c2ccccc2)cc1. The Morgan fingerprint density at radius 1 is 1.00 bits per heavy atom. The molecule has 0 atom stereocenters. The van der Waals surface area contributed by atoms with E-state index >= 15 is 0 Å². The van der Waals surface area contributed by atoms with Crippen LogP contribution in [0, 0.1) is 10.1 Å². The molecule has 3 aromatic rings. The molecule has 0 radical (unpaired) electrons. The smallest absolute Gasteiger partial charge is 0.269 e. The second-order valence-corrected chi connectivity index (χ2v) is 8.91. The van der Waals surface area contributed by atoms with Crippen molar-refractivity contribution in [3.05, 3.63) is 94.5 Å². The highest BCUT2D eigenvalue weighted by Crippen LogP contribution is 2.25. The van der Waals surface area contributed by atoms with Gasteiger partial charge in [0.05, 0.1) is 22.6 Å². The molecule has 0 saturated heterocycles. The Kier molecular flexibility index (Phi) is 7.62. The minimum Gasteiger partial charge on any atom is -0.497 e. The van der Waals surface area contributed by atoms with Crippen molar-refractivity contribution in [2.24, 2.45) is 0 Å². The summed E-state index contributed by atoms with van der Waals surface area (Å²) in [5.41, 5.74) is 0.953. The topological polar surface area (TPSA) is 119 Å². The third-order valence-electron chi connectivity index (χ3n) is 4.86. The van der Waals surface area contributed by atoms with E-state index in [0.29, 0.717) is 13.0 Å². The van der Waals surface area contributed by atoms with Crippen LogP contribution in [0.5, 0.6) is 5.75 Å². The van der Waals surface area contributed by atoms with Crippen molar-refractivity contribution in [3.8, 4) is 5.75 Å². The zero-order valence-electron chi connectivity index (χ0n) is 17.9. The molecule has 0 unspecified atom stereocenters. The number of non-ortho nitro benzene ring substituents is 1. The van der Waals surface area contributed by atoms with Gasteiger partial charge in [-0.3, -0.25) is 19.2 Å². The first kappa shape index (κ1) is 23.7. The van der Waals surface area contributed by atoms with Crippen LogP contribution in [0.1, 0.15) is 5.56 Å². The summed E-state index contributed by atoms with van der Waals surface area (Å²) in [6.07, 6.45) is 0.554. The number of nitrogens with one attached hydrogen (secondary N) is 1. The molecule has 10 heteroatoms. The van der Waals surface area contributed by atoms with Gasteiger partial charge in [0.25, 0.3) is 15.7 Å². The molecule has 0 aliphatic rings. The number of benzene rings is 3. The Balaban J connectivity index is 1.75. The van der Waals surface area contributed by atoms with Crippen LogP contribution in [0.3, 0.4) is 0 Å². The Bertz CT molecular complexity index is 1200. The number of nitro groups is 1. The first-order valence-corrected chi connectivity index (χ1v) is 11.5. The molecule has 0 fully saturated rings. The van der Waals surface area contributed by atoms with Gasteiger partial charge in [-0.15, -0.1) is 0 Å². The lowest BCUT2D eigenvalue weighted by molar-refractivity contribution is -0.384. The van der Waals surface area contributed by atoms with Gasteiger partial charge in [-0.05, 0) is 48.4 Å². The van der Waals surface area contributed by atoms with Gasteiger partial charge in [0.2, 0.25) is 5.91 Å². The standard InChI is InChI=1S/C23H23N3O6S/c1-32-21-13-7-18(8-14-21)15-16-24-23(27)17-25(19-9-11-20(12-10-19)26(28)29)33(30,31)22-5-3-2-4-6-22/h2-14H,15-17H2,1H3,(H,24,27). The molecule has 3 aromatic carbocycles. The van der Waals surface area contributed by atoms with E-state index in [1.165, 1.54) is 36.4 Å². The molecule has 0 spiro atoms. The number of ether oxygens (including phenoxy) is 1. The Morgan fingerprint density at radius 3 is 2.21 bits per heavy atom. The van der Waals surface area contributed by atoms with E-state index in [1.54, 1.807) is 25.3 Å². The third-order valence-corrected chi connectivity index (χ3v) is 6.65. The number of nitro benzene ring substituents is 1. The maximum atomic E-state index is 13.2. The van der Waals surface area contributed by atoms with E-state index < -0.39 is 27.4 Å².